The van der Waals surface area contributed by atoms with Crippen LogP contribution in [0.25, 0.3) is 0 Å². The van der Waals surface area contributed by atoms with Gasteiger partial charge in [0.15, 0.2) is 0 Å². The van der Waals surface area contributed by atoms with Crippen molar-refractivity contribution in [1.82, 2.24) is 0 Å². The Hall–Kier alpha value is -0.560. The molecule has 140 valence electrons. The summed E-state index contributed by atoms with van der Waals surface area (Å²) in [5.41, 5.74) is 0. The van der Waals surface area contributed by atoms with Gasteiger partial charge in [0.2, 0.25) is 0 Å². The number of halogens is 13. The maximum Gasteiger partial charge on any atom is 0.460 e. The van der Waals surface area contributed by atoms with E-state index in [0.717, 1.165) is 0 Å². The molecule has 0 aromatic heterocycles. The van der Waals surface area contributed by atoms with E-state index in [1.807, 2.05) is 0 Å². The Morgan fingerprint density at radius 2 is 0.913 bits per heavy atom. The van der Waals surface area contributed by atoms with Gasteiger partial charge in [-0.05, 0) is 6.42 Å². The second kappa shape index (κ2) is 5.76. The number of alkyl halides is 13. The van der Waals surface area contributed by atoms with Crippen molar-refractivity contribution >= 4 is 12.6 Å². The molecule has 0 spiro atoms. The zero-order chi connectivity index (χ0) is 19.3. The quantitative estimate of drug-likeness (QED) is 0.451. The van der Waals surface area contributed by atoms with E-state index in [2.05, 4.69) is 12.6 Å². The van der Waals surface area contributed by atoms with E-state index in [-0.39, 0.29) is 0 Å². The van der Waals surface area contributed by atoms with Gasteiger partial charge in [-0.2, -0.15) is 69.7 Å². The molecule has 0 N–H and O–H groups in total. The van der Waals surface area contributed by atoms with Crippen LogP contribution in [0.5, 0.6) is 0 Å². The first-order chi connectivity index (χ1) is 9.73. The molecule has 0 aliphatic heterocycles. The molecule has 0 rings (SSSR count). The lowest BCUT2D eigenvalue weighted by Gasteiger charge is -2.40. The summed E-state index contributed by atoms with van der Waals surface area (Å²) in [6.07, 6.45) is -8.50. The van der Waals surface area contributed by atoms with Crippen LogP contribution in [0.2, 0.25) is 0 Å². The van der Waals surface area contributed by atoms with E-state index in [4.69, 9.17) is 0 Å². The predicted octanol–water partition coefficient (Wildman–Crippen LogP) is 5.43. The standard InChI is InChI=1S/C9H7F13S/c1-2-3(23)4(10,11)5(12,13)6(14,15)7(16,17)8(18,19)9(20,21)22/h3,23H,2H2,1H3. The molecule has 1 atom stereocenters. The molecule has 14 heteroatoms. The summed E-state index contributed by atoms with van der Waals surface area (Å²) < 4.78 is 164. The highest BCUT2D eigenvalue weighted by Crippen LogP contribution is 2.61. The van der Waals surface area contributed by atoms with Gasteiger partial charge < -0.3 is 0 Å². The third kappa shape index (κ3) is 2.95. The molecule has 1 unspecified atom stereocenters. The minimum absolute atomic E-state index is 0.683. The summed E-state index contributed by atoms with van der Waals surface area (Å²) in [6.45, 7) is 0.683. The van der Waals surface area contributed by atoms with Crippen LogP contribution >= 0.6 is 12.6 Å². The van der Waals surface area contributed by atoms with E-state index in [1.165, 1.54) is 0 Å². The van der Waals surface area contributed by atoms with Crippen LogP contribution < -0.4 is 0 Å². The summed E-state index contributed by atoms with van der Waals surface area (Å²) in [4.78, 5) is 0. The Kier molecular flexibility index (Phi) is 5.62. The van der Waals surface area contributed by atoms with Crippen molar-refractivity contribution in [2.45, 2.75) is 54.4 Å². The van der Waals surface area contributed by atoms with Crippen LogP contribution in [0.15, 0.2) is 0 Å². The molecular weight excluding hydrogens is 387 g/mol. The van der Waals surface area contributed by atoms with Crippen molar-refractivity contribution in [3.05, 3.63) is 0 Å². The Balaban J connectivity index is 6.25. The average molecular weight is 394 g/mol. The van der Waals surface area contributed by atoms with E-state index in [0.29, 0.717) is 6.92 Å². The van der Waals surface area contributed by atoms with Gasteiger partial charge in [0, 0.05) is 0 Å². The topological polar surface area (TPSA) is 0 Å². The van der Waals surface area contributed by atoms with Crippen LogP contribution in [0.1, 0.15) is 13.3 Å². The Bertz CT molecular complexity index is 424. The van der Waals surface area contributed by atoms with Crippen molar-refractivity contribution in [3.8, 4) is 0 Å². The monoisotopic (exact) mass is 394 g/mol. The molecule has 0 bridgehead atoms. The van der Waals surface area contributed by atoms with Crippen molar-refractivity contribution in [1.29, 1.82) is 0 Å². The molecule has 23 heavy (non-hydrogen) atoms. The number of hydrogen-bond acceptors (Lipinski definition) is 1. The lowest BCUT2D eigenvalue weighted by atomic mass is 9.92. The minimum atomic E-state index is -7.85. The number of thiol groups is 1. The fourth-order valence-corrected chi connectivity index (χ4v) is 1.41. The van der Waals surface area contributed by atoms with Crippen molar-refractivity contribution in [2.75, 3.05) is 0 Å². The molecule has 0 saturated carbocycles. The van der Waals surface area contributed by atoms with Gasteiger partial charge in [-0.15, -0.1) is 0 Å². The molecule has 0 aliphatic rings. The van der Waals surface area contributed by atoms with E-state index in [1.54, 1.807) is 0 Å². The molecule has 0 radical (unpaired) electrons. The molecule has 0 saturated heterocycles. The largest absolute Gasteiger partial charge is 0.460 e. The third-order valence-electron chi connectivity index (χ3n) is 2.76. The maximum absolute atomic E-state index is 13.1. The number of hydrogen-bond donors (Lipinski definition) is 1. The average Bonchev–Trinajstić information content (AvgIpc) is 2.35. The summed E-state index contributed by atoms with van der Waals surface area (Å²) in [7, 11) is 0. The third-order valence-corrected chi connectivity index (χ3v) is 3.45. The predicted molar refractivity (Wildman–Crippen MR) is 53.9 cm³/mol. The van der Waals surface area contributed by atoms with Gasteiger partial charge in [-0.3, -0.25) is 0 Å². The summed E-state index contributed by atoms with van der Waals surface area (Å²) in [6, 6.07) is 0. The van der Waals surface area contributed by atoms with Gasteiger partial charge in [-0.25, -0.2) is 0 Å². The number of rotatable bonds is 6. The second-order valence-corrected chi connectivity index (χ2v) is 4.97. The van der Waals surface area contributed by atoms with Crippen molar-refractivity contribution < 1.29 is 57.1 Å². The zero-order valence-electron chi connectivity index (χ0n) is 10.6. The SMILES string of the molecule is CCC(S)C(F)(F)C(F)(F)C(F)(F)C(F)(F)C(F)(F)C(F)(F)F. The molecule has 0 aromatic rings. The molecule has 0 fully saturated rings. The fraction of sp³-hybridized carbons (Fsp3) is 1.00. The Morgan fingerprint density at radius 3 is 1.17 bits per heavy atom. The molecular formula is C9H7F13S. The highest BCUT2D eigenvalue weighted by molar-refractivity contribution is 7.81. The van der Waals surface area contributed by atoms with Gasteiger partial charge in [-0.1, -0.05) is 6.92 Å². The van der Waals surface area contributed by atoms with Gasteiger partial charge in [0.1, 0.15) is 0 Å². The Labute approximate surface area is 125 Å². The molecule has 0 nitrogen and oxygen atoms in total. The summed E-state index contributed by atoms with van der Waals surface area (Å²) in [5, 5.41) is -3.02. The van der Waals surface area contributed by atoms with E-state index >= 15 is 0 Å². The summed E-state index contributed by atoms with van der Waals surface area (Å²) >= 11 is 2.74. The summed E-state index contributed by atoms with van der Waals surface area (Å²) in [5.74, 6) is -36.6. The second-order valence-electron chi connectivity index (χ2n) is 4.34. The Morgan fingerprint density at radius 1 is 0.609 bits per heavy atom. The van der Waals surface area contributed by atoms with Crippen LogP contribution in [0.3, 0.4) is 0 Å². The zero-order valence-corrected chi connectivity index (χ0v) is 11.5. The fourth-order valence-electron chi connectivity index (χ4n) is 1.25. The molecule has 0 amide bonds. The van der Waals surface area contributed by atoms with E-state index < -0.39 is 47.5 Å². The van der Waals surface area contributed by atoms with Gasteiger partial charge in [0.05, 0.1) is 5.25 Å². The molecule has 0 aromatic carbocycles. The van der Waals surface area contributed by atoms with Crippen LogP contribution in [-0.2, 0) is 0 Å². The lowest BCUT2D eigenvalue weighted by molar-refractivity contribution is -0.439. The maximum atomic E-state index is 13.1. The molecule has 0 heterocycles. The molecule has 0 aliphatic carbocycles. The first kappa shape index (κ1) is 22.4. The van der Waals surface area contributed by atoms with Crippen molar-refractivity contribution in [3.63, 3.8) is 0 Å². The minimum Gasteiger partial charge on any atom is -0.198 e. The van der Waals surface area contributed by atoms with Crippen molar-refractivity contribution in [2.24, 2.45) is 0 Å². The smallest absolute Gasteiger partial charge is 0.198 e. The lowest BCUT2D eigenvalue weighted by Crippen LogP contribution is -2.71. The van der Waals surface area contributed by atoms with Gasteiger partial charge >= 0.3 is 35.8 Å². The highest BCUT2D eigenvalue weighted by Gasteiger charge is 2.91. The van der Waals surface area contributed by atoms with Gasteiger partial charge in [0.25, 0.3) is 0 Å². The van der Waals surface area contributed by atoms with Crippen LogP contribution in [-0.4, -0.2) is 41.0 Å². The first-order valence-corrected chi connectivity index (χ1v) is 5.89. The normalized spacial score (nSPS) is 17.3. The van der Waals surface area contributed by atoms with E-state index in [9.17, 15) is 57.1 Å². The first-order valence-electron chi connectivity index (χ1n) is 5.37. The van der Waals surface area contributed by atoms with Crippen LogP contribution in [0, 0.1) is 0 Å². The van der Waals surface area contributed by atoms with Crippen LogP contribution in [0.4, 0.5) is 57.1 Å². The highest BCUT2D eigenvalue weighted by atomic mass is 32.1.